The molecule has 1 amide bonds. The van der Waals surface area contributed by atoms with Crippen molar-refractivity contribution in [1.29, 1.82) is 0 Å². The van der Waals surface area contributed by atoms with Gasteiger partial charge in [-0.2, -0.15) is 0 Å². The number of rotatable bonds is 4. The lowest BCUT2D eigenvalue weighted by atomic mass is 9.77. The lowest BCUT2D eigenvalue weighted by Gasteiger charge is -2.35. The topological polar surface area (TPSA) is 78.4 Å². The molecule has 1 aromatic carbocycles. The first-order valence-corrected chi connectivity index (χ1v) is 7.41. The summed E-state index contributed by atoms with van der Waals surface area (Å²) in [5.41, 5.74) is 0.0395. The average molecular weight is 311 g/mol. The van der Waals surface area contributed by atoms with E-state index in [2.05, 4.69) is 10.6 Å². The molecule has 6 heteroatoms. The summed E-state index contributed by atoms with van der Waals surface area (Å²) in [6.07, 6.45) is 2.52. The quantitative estimate of drug-likeness (QED) is 0.799. The van der Waals surface area contributed by atoms with E-state index >= 15 is 0 Å². The fourth-order valence-corrected chi connectivity index (χ4v) is 2.91. The highest BCUT2D eigenvalue weighted by Crippen LogP contribution is 2.32. The Kier molecular flexibility index (Phi) is 4.85. The molecule has 2 rings (SSSR count). The number of carboxylic acids is 1. The Hall–Kier alpha value is -1.59. The van der Waals surface area contributed by atoms with Crippen molar-refractivity contribution in [3.8, 4) is 0 Å². The predicted octanol–water partition coefficient (Wildman–Crippen LogP) is 2.76. The van der Waals surface area contributed by atoms with Crippen LogP contribution in [-0.2, 0) is 4.79 Å². The maximum atomic E-state index is 12.6. The van der Waals surface area contributed by atoms with E-state index in [1.54, 1.807) is 6.07 Å². The Balaban J connectivity index is 2.20. The summed E-state index contributed by atoms with van der Waals surface area (Å²) in [6.45, 7) is 3.56. The summed E-state index contributed by atoms with van der Waals surface area (Å²) < 4.78 is 0. The fourth-order valence-electron chi connectivity index (χ4n) is 2.67. The highest BCUT2D eigenvalue weighted by atomic mass is 35.5. The fraction of sp³-hybridized carbons (Fsp3) is 0.467. The molecule has 1 aromatic rings. The third-order valence-electron chi connectivity index (χ3n) is 4.03. The monoisotopic (exact) mass is 310 g/mol. The first kappa shape index (κ1) is 15.8. The molecule has 0 bridgehead atoms. The van der Waals surface area contributed by atoms with Crippen LogP contribution in [0, 0.1) is 5.41 Å². The lowest BCUT2D eigenvalue weighted by molar-refractivity contribution is -0.126. The Morgan fingerprint density at radius 1 is 1.43 bits per heavy atom. The first-order valence-electron chi connectivity index (χ1n) is 7.03. The van der Waals surface area contributed by atoms with Gasteiger partial charge < -0.3 is 15.7 Å². The van der Waals surface area contributed by atoms with Gasteiger partial charge in [-0.1, -0.05) is 18.5 Å². The largest absolute Gasteiger partial charge is 0.478 e. The second kappa shape index (κ2) is 6.45. The molecule has 1 unspecified atom stereocenters. The molecule has 1 aliphatic rings. The van der Waals surface area contributed by atoms with Gasteiger partial charge in [0.1, 0.15) is 0 Å². The van der Waals surface area contributed by atoms with Crippen LogP contribution in [0.5, 0.6) is 0 Å². The zero-order chi connectivity index (χ0) is 15.5. The number of halogens is 1. The van der Waals surface area contributed by atoms with E-state index in [1.165, 1.54) is 12.1 Å². The zero-order valence-electron chi connectivity index (χ0n) is 11.9. The van der Waals surface area contributed by atoms with Crippen molar-refractivity contribution >= 4 is 29.2 Å². The number of nitrogens with one attached hydrogen (secondary N) is 2. The third kappa shape index (κ3) is 3.54. The number of piperidine rings is 1. The van der Waals surface area contributed by atoms with Gasteiger partial charge in [0.25, 0.3) is 0 Å². The van der Waals surface area contributed by atoms with E-state index < -0.39 is 11.4 Å². The van der Waals surface area contributed by atoms with Crippen molar-refractivity contribution in [3.63, 3.8) is 0 Å². The van der Waals surface area contributed by atoms with Crippen molar-refractivity contribution in [2.45, 2.75) is 26.2 Å². The Bertz CT molecular complexity index is 554. The molecule has 114 valence electrons. The van der Waals surface area contributed by atoms with Gasteiger partial charge in [0, 0.05) is 17.3 Å². The summed E-state index contributed by atoms with van der Waals surface area (Å²) in [5.74, 6) is -1.16. The van der Waals surface area contributed by atoms with E-state index in [9.17, 15) is 9.59 Å². The number of anilines is 1. The van der Waals surface area contributed by atoms with Gasteiger partial charge in [-0.3, -0.25) is 4.79 Å². The van der Waals surface area contributed by atoms with Gasteiger partial charge in [-0.15, -0.1) is 0 Å². The molecule has 0 saturated carbocycles. The summed E-state index contributed by atoms with van der Waals surface area (Å²) in [7, 11) is 0. The van der Waals surface area contributed by atoms with Crippen LogP contribution in [0.3, 0.4) is 0 Å². The normalized spacial score (nSPS) is 21.8. The van der Waals surface area contributed by atoms with Gasteiger partial charge >= 0.3 is 5.97 Å². The van der Waals surface area contributed by atoms with Crippen molar-refractivity contribution < 1.29 is 14.7 Å². The number of aromatic carboxylic acids is 1. The van der Waals surface area contributed by atoms with Gasteiger partial charge in [0.15, 0.2) is 0 Å². The summed E-state index contributed by atoms with van der Waals surface area (Å²) in [4.78, 5) is 23.6. The van der Waals surface area contributed by atoms with Crippen LogP contribution in [0.2, 0.25) is 5.02 Å². The molecule has 3 N–H and O–H groups in total. The molecule has 1 saturated heterocycles. The Labute approximate surface area is 128 Å². The minimum absolute atomic E-state index is 0.0603. The van der Waals surface area contributed by atoms with E-state index in [0.717, 1.165) is 25.8 Å². The van der Waals surface area contributed by atoms with E-state index in [1.807, 2.05) is 6.92 Å². The van der Waals surface area contributed by atoms with Gasteiger partial charge in [-0.25, -0.2) is 4.79 Å². The summed E-state index contributed by atoms with van der Waals surface area (Å²) >= 11 is 5.90. The maximum Gasteiger partial charge on any atom is 0.335 e. The summed E-state index contributed by atoms with van der Waals surface area (Å²) in [6, 6.07) is 4.34. The van der Waals surface area contributed by atoms with Crippen LogP contribution in [0.25, 0.3) is 0 Å². The number of carbonyl (C=O) groups excluding carboxylic acids is 1. The van der Waals surface area contributed by atoms with Crippen molar-refractivity contribution in [3.05, 3.63) is 28.8 Å². The predicted molar refractivity (Wildman–Crippen MR) is 81.9 cm³/mol. The van der Waals surface area contributed by atoms with Crippen LogP contribution < -0.4 is 10.6 Å². The molecule has 1 atom stereocenters. The zero-order valence-corrected chi connectivity index (χ0v) is 12.7. The molecule has 21 heavy (non-hydrogen) atoms. The number of carboxylic acid groups (broad SMARTS) is 1. The maximum absolute atomic E-state index is 12.6. The highest BCUT2D eigenvalue weighted by Gasteiger charge is 2.37. The smallest absolute Gasteiger partial charge is 0.335 e. The molecule has 1 aliphatic heterocycles. The molecular formula is C15H19ClN2O3. The second-order valence-electron chi connectivity index (χ2n) is 5.40. The minimum atomic E-state index is -1.07. The standard InChI is InChI=1S/C15H19ClN2O3/c1-2-15(4-3-5-17-9-15)14(21)18-12-7-10(13(19)20)6-11(16)8-12/h6-8,17H,2-5,9H2,1H3,(H,18,21)(H,19,20). The number of hydrogen-bond donors (Lipinski definition) is 3. The lowest BCUT2D eigenvalue weighted by Crippen LogP contribution is -2.47. The van der Waals surface area contributed by atoms with Crippen molar-refractivity contribution in [1.82, 2.24) is 5.32 Å². The number of benzene rings is 1. The molecule has 1 fully saturated rings. The van der Waals surface area contributed by atoms with E-state index in [4.69, 9.17) is 16.7 Å². The molecular weight excluding hydrogens is 292 g/mol. The number of carbonyl (C=O) groups is 2. The molecule has 5 nitrogen and oxygen atoms in total. The molecule has 0 aliphatic carbocycles. The van der Waals surface area contributed by atoms with Crippen LogP contribution in [-0.4, -0.2) is 30.1 Å². The molecule has 0 radical (unpaired) electrons. The van der Waals surface area contributed by atoms with Crippen LogP contribution in [0.1, 0.15) is 36.5 Å². The number of amides is 1. The minimum Gasteiger partial charge on any atom is -0.478 e. The van der Waals surface area contributed by atoms with Crippen molar-refractivity contribution in [2.75, 3.05) is 18.4 Å². The van der Waals surface area contributed by atoms with Gasteiger partial charge in [0.05, 0.1) is 11.0 Å². The average Bonchev–Trinajstić information content (AvgIpc) is 2.47. The van der Waals surface area contributed by atoms with Crippen LogP contribution in [0.15, 0.2) is 18.2 Å². The molecule has 1 heterocycles. The van der Waals surface area contributed by atoms with Gasteiger partial charge in [0.2, 0.25) is 5.91 Å². The third-order valence-corrected chi connectivity index (χ3v) is 4.25. The van der Waals surface area contributed by atoms with Crippen LogP contribution in [0.4, 0.5) is 5.69 Å². The summed E-state index contributed by atoms with van der Waals surface area (Å²) in [5, 5.41) is 15.4. The Morgan fingerprint density at radius 2 is 2.19 bits per heavy atom. The van der Waals surface area contributed by atoms with E-state index in [-0.39, 0.29) is 16.5 Å². The molecule has 0 aromatic heterocycles. The SMILES string of the molecule is CCC1(C(=O)Nc2cc(Cl)cc(C(=O)O)c2)CCCNC1. The Morgan fingerprint density at radius 3 is 2.76 bits per heavy atom. The van der Waals surface area contributed by atoms with Gasteiger partial charge in [-0.05, 0) is 44.0 Å². The molecule has 0 spiro atoms. The van der Waals surface area contributed by atoms with Crippen LogP contribution >= 0.6 is 11.6 Å². The first-order chi connectivity index (χ1) is 9.97. The highest BCUT2D eigenvalue weighted by molar-refractivity contribution is 6.31. The van der Waals surface area contributed by atoms with Crippen molar-refractivity contribution in [2.24, 2.45) is 5.41 Å². The number of hydrogen-bond acceptors (Lipinski definition) is 3. The second-order valence-corrected chi connectivity index (χ2v) is 5.84. The van der Waals surface area contributed by atoms with E-state index in [0.29, 0.717) is 12.2 Å².